The van der Waals surface area contributed by atoms with Gasteiger partial charge in [-0.15, -0.1) is 0 Å². The van der Waals surface area contributed by atoms with Crippen LogP contribution in [0.1, 0.15) is 30.7 Å². The number of methoxy groups -OCH3 is 1. The molecule has 1 rings (SSSR count). The fourth-order valence-corrected chi connectivity index (χ4v) is 1.99. The third-order valence-corrected chi connectivity index (χ3v) is 2.93. The first-order chi connectivity index (χ1) is 9.04. The summed E-state index contributed by atoms with van der Waals surface area (Å²) in [6.07, 6.45) is 0. The topological polar surface area (TPSA) is 46.2 Å². The van der Waals surface area contributed by atoms with Gasteiger partial charge in [-0.05, 0) is 37.9 Å². The van der Waals surface area contributed by atoms with Crippen molar-refractivity contribution >= 4 is 5.82 Å². The predicted octanol–water partition coefficient (Wildman–Crippen LogP) is 2.50. The lowest BCUT2D eigenvalue weighted by Gasteiger charge is -2.16. The second-order valence-corrected chi connectivity index (χ2v) is 5.35. The zero-order valence-electron chi connectivity index (χ0n) is 12.8. The average Bonchev–Trinajstić information content (AvgIpc) is 2.32. The van der Waals surface area contributed by atoms with Crippen molar-refractivity contribution in [2.24, 2.45) is 5.92 Å². The minimum absolute atomic E-state index is 0.656. The van der Waals surface area contributed by atoms with Crippen LogP contribution in [0, 0.1) is 19.8 Å². The minimum Gasteiger partial charge on any atom is -0.383 e. The summed E-state index contributed by atoms with van der Waals surface area (Å²) in [5, 5.41) is 6.84. The van der Waals surface area contributed by atoms with Crippen molar-refractivity contribution in [1.82, 2.24) is 10.3 Å². The molecule has 0 aliphatic rings. The summed E-state index contributed by atoms with van der Waals surface area (Å²) in [5.74, 6) is 1.63. The van der Waals surface area contributed by atoms with Crippen LogP contribution in [0.4, 0.5) is 5.82 Å². The predicted molar refractivity (Wildman–Crippen MR) is 80.6 cm³/mol. The molecule has 0 aromatic carbocycles. The number of nitrogens with one attached hydrogen (secondary N) is 2. The molecule has 1 aromatic rings. The van der Waals surface area contributed by atoms with Gasteiger partial charge in [0.25, 0.3) is 0 Å². The summed E-state index contributed by atoms with van der Waals surface area (Å²) in [7, 11) is 1.71. The lowest BCUT2D eigenvalue weighted by Crippen LogP contribution is -2.21. The first kappa shape index (κ1) is 15.9. The van der Waals surface area contributed by atoms with E-state index in [4.69, 9.17) is 4.74 Å². The Balaban J connectivity index is 2.74. The molecule has 0 aliphatic heterocycles. The van der Waals surface area contributed by atoms with Crippen molar-refractivity contribution < 1.29 is 4.74 Å². The number of hydrogen-bond acceptors (Lipinski definition) is 4. The van der Waals surface area contributed by atoms with Crippen molar-refractivity contribution in [1.29, 1.82) is 0 Å². The van der Waals surface area contributed by atoms with Crippen LogP contribution in [0.15, 0.2) is 6.07 Å². The molecule has 0 bridgehead atoms. The summed E-state index contributed by atoms with van der Waals surface area (Å²) in [4.78, 5) is 4.60. The zero-order chi connectivity index (χ0) is 14.3. The molecule has 0 saturated heterocycles. The van der Waals surface area contributed by atoms with Crippen LogP contribution in [0.2, 0.25) is 0 Å². The van der Waals surface area contributed by atoms with E-state index in [1.165, 1.54) is 11.1 Å². The van der Waals surface area contributed by atoms with E-state index in [1.807, 2.05) is 6.92 Å². The Kier molecular flexibility index (Phi) is 6.81. The number of aryl methyl sites for hydroxylation is 2. The van der Waals surface area contributed by atoms with Gasteiger partial charge in [0.1, 0.15) is 5.82 Å². The molecular weight excluding hydrogens is 238 g/mol. The third-order valence-electron chi connectivity index (χ3n) is 2.93. The lowest BCUT2D eigenvalue weighted by molar-refractivity contribution is 0.210. The summed E-state index contributed by atoms with van der Waals surface area (Å²) >= 11 is 0. The van der Waals surface area contributed by atoms with E-state index < -0.39 is 0 Å². The summed E-state index contributed by atoms with van der Waals surface area (Å²) in [6.45, 7) is 11.9. The van der Waals surface area contributed by atoms with Crippen molar-refractivity contribution in [2.75, 3.05) is 32.1 Å². The standard InChI is InChI=1S/C15H27N3O/c1-11(2)9-16-10-14-12(3)8-13(4)18-15(14)17-6-7-19-5/h8,11,16H,6-7,9-10H2,1-5H3,(H,17,18). The molecule has 108 valence electrons. The molecule has 1 heterocycles. The fourth-order valence-electron chi connectivity index (χ4n) is 1.99. The molecule has 0 spiro atoms. The molecule has 0 amide bonds. The molecule has 4 nitrogen and oxygen atoms in total. The van der Waals surface area contributed by atoms with Gasteiger partial charge in [0.05, 0.1) is 6.61 Å². The Hall–Kier alpha value is -1.13. The first-order valence-corrected chi connectivity index (χ1v) is 6.95. The second kappa shape index (κ2) is 8.12. The van der Waals surface area contributed by atoms with Gasteiger partial charge < -0.3 is 15.4 Å². The van der Waals surface area contributed by atoms with Gasteiger partial charge in [-0.3, -0.25) is 0 Å². The van der Waals surface area contributed by atoms with Crippen LogP contribution in [-0.4, -0.2) is 31.8 Å². The van der Waals surface area contributed by atoms with Crippen LogP contribution in [0.3, 0.4) is 0 Å². The third kappa shape index (κ3) is 5.57. The SMILES string of the molecule is COCCNc1nc(C)cc(C)c1CNCC(C)C. The van der Waals surface area contributed by atoms with Gasteiger partial charge in [-0.2, -0.15) is 0 Å². The molecule has 0 aliphatic carbocycles. The molecular formula is C15H27N3O. The van der Waals surface area contributed by atoms with Crippen LogP contribution >= 0.6 is 0 Å². The number of hydrogen-bond donors (Lipinski definition) is 2. The Labute approximate surface area is 117 Å². The van der Waals surface area contributed by atoms with E-state index >= 15 is 0 Å². The highest BCUT2D eigenvalue weighted by atomic mass is 16.5. The van der Waals surface area contributed by atoms with Crippen molar-refractivity contribution in [2.45, 2.75) is 34.2 Å². The fraction of sp³-hybridized carbons (Fsp3) is 0.667. The second-order valence-electron chi connectivity index (χ2n) is 5.35. The Bertz CT molecular complexity index is 391. The number of aromatic nitrogens is 1. The molecule has 2 N–H and O–H groups in total. The van der Waals surface area contributed by atoms with E-state index in [9.17, 15) is 0 Å². The van der Waals surface area contributed by atoms with Gasteiger partial charge >= 0.3 is 0 Å². The maximum atomic E-state index is 5.07. The van der Waals surface area contributed by atoms with Crippen molar-refractivity contribution in [3.8, 4) is 0 Å². The molecule has 0 fully saturated rings. The van der Waals surface area contributed by atoms with Gasteiger partial charge in [0.15, 0.2) is 0 Å². The van der Waals surface area contributed by atoms with Gasteiger partial charge in [0, 0.05) is 31.5 Å². The van der Waals surface area contributed by atoms with E-state index in [-0.39, 0.29) is 0 Å². The molecule has 1 aromatic heterocycles. The van der Waals surface area contributed by atoms with E-state index in [0.717, 1.165) is 31.1 Å². The quantitative estimate of drug-likeness (QED) is 0.709. The smallest absolute Gasteiger partial charge is 0.131 e. The molecule has 19 heavy (non-hydrogen) atoms. The Morgan fingerprint density at radius 1 is 1.32 bits per heavy atom. The minimum atomic E-state index is 0.656. The van der Waals surface area contributed by atoms with Crippen LogP contribution in [0.5, 0.6) is 0 Å². The van der Waals surface area contributed by atoms with Crippen LogP contribution < -0.4 is 10.6 Å². The summed E-state index contributed by atoms with van der Waals surface area (Å²) in [5.41, 5.74) is 3.58. The largest absolute Gasteiger partial charge is 0.383 e. The summed E-state index contributed by atoms with van der Waals surface area (Å²) in [6, 6.07) is 2.13. The monoisotopic (exact) mass is 265 g/mol. The lowest BCUT2D eigenvalue weighted by atomic mass is 10.1. The zero-order valence-corrected chi connectivity index (χ0v) is 12.8. The van der Waals surface area contributed by atoms with Crippen molar-refractivity contribution in [3.05, 3.63) is 22.9 Å². The molecule has 0 unspecified atom stereocenters. The molecule has 0 saturated carbocycles. The highest BCUT2D eigenvalue weighted by Gasteiger charge is 2.08. The van der Waals surface area contributed by atoms with Gasteiger partial charge in [-0.25, -0.2) is 4.98 Å². The number of pyridine rings is 1. The van der Waals surface area contributed by atoms with E-state index in [2.05, 4.69) is 42.5 Å². The highest BCUT2D eigenvalue weighted by Crippen LogP contribution is 2.18. The maximum Gasteiger partial charge on any atom is 0.131 e. The molecule has 0 radical (unpaired) electrons. The Morgan fingerprint density at radius 2 is 2.05 bits per heavy atom. The van der Waals surface area contributed by atoms with Gasteiger partial charge in [0.2, 0.25) is 0 Å². The number of anilines is 1. The van der Waals surface area contributed by atoms with Crippen LogP contribution in [0.25, 0.3) is 0 Å². The van der Waals surface area contributed by atoms with E-state index in [0.29, 0.717) is 12.5 Å². The number of ether oxygens (including phenoxy) is 1. The average molecular weight is 265 g/mol. The molecule has 0 atom stereocenters. The maximum absolute atomic E-state index is 5.07. The normalized spacial score (nSPS) is 11.1. The number of rotatable bonds is 8. The first-order valence-electron chi connectivity index (χ1n) is 6.95. The summed E-state index contributed by atoms with van der Waals surface area (Å²) < 4.78 is 5.07. The number of nitrogens with zero attached hydrogens (tertiary/aromatic N) is 1. The van der Waals surface area contributed by atoms with E-state index in [1.54, 1.807) is 7.11 Å². The molecule has 4 heteroatoms. The van der Waals surface area contributed by atoms with Gasteiger partial charge in [-0.1, -0.05) is 13.8 Å². The van der Waals surface area contributed by atoms with Crippen molar-refractivity contribution in [3.63, 3.8) is 0 Å². The van der Waals surface area contributed by atoms with Crippen LogP contribution in [-0.2, 0) is 11.3 Å². The highest BCUT2D eigenvalue weighted by molar-refractivity contribution is 5.49. The Morgan fingerprint density at radius 3 is 2.68 bits per heavy atom.